The van der Waals surface area contributed by atoms with Crippen LogP contribution in [0.3, 0.4) is 0 Å². The third-order valence-corrected chi connectivity index (χ3v) is 4.27. The van der Waals surface area contributed by atoms with Gasteiger partial charge in [-0.15, -0.1) is 0 Å². The van der Waals surface area contributed by atoms with Crippen LogP contribution in [0, 0.1) is 11.3 Å². The highest BCUT2D eigenvalue weighted by atomic mass is 16.2. The van der Waals surface area contributed by atoms with Crippen LogP contribution in [-0.4, -0.2) is 33.8 Å². The average Bonchev–Trinajstić information content (AvgIpc) is 2.91. The van der Waals surface area contributed by atoms with Crippen LogP contribution in [0.15, 0.2) is 12.3 Å². The number of anilines is 1. The third-order valence-electron chi connectivity index (χ3n) is 4.27. The maximum Gasteiger partial charge on any atom is 0.323 e. The lowest BCUT2D eigenvalue weighted by atomic mass is 9.96. The van der Waals surface area contributed by atoms with Crippen LogP contribution in [0.4, 0.5) is 10.6 Å². The van der Waals surface area contributed by atoms with E-state index in [-0.39, 0.29) is 6.03 Å². The zero-order chi connectivity index (χ0) is 15.8. The second-order valence-electron chi connectivity index (χ2n) is 5.91. The minimum Gasteiger partial charge on any atom is -0.325 e. The molecule has 0 unspecified atom stereocenters. The fraction of sp³-hybridized carbons (Fsp3) is 0.688. The van der Waals surface area contributed by atoms with Gasteiger partial charge in [-0.2, -0.15) is 10.4 Å². The smallest absolute Gasteiger partial charge is 0.323 e. The number of aryl methyl sites for hydroxylation is 1. The number of nitrogens with zero attached hydrogens (tertiary/aromatic N) is 4. The Morgan fingerprint density at radius 3 is 2.77 bits per heavy atom. The van der Waals surface area contributed by atoms with Crippen molar-refractivity contribution in [2.45, 2.75) is 64.0 Å². The Hall–Kier alpha value is -2.03. The highest BCUT2D eigenvalue weighted by Gasteiger charge is 2.21. The van der Waals surface area contributed by atoms with Gasteiger partial charge in [-0.3, -0.25) is 10.00 Å². The van der Waals surface area contributed by atoms with E-state index in [4.69, 9.17) is 5.26 Å². The first-order valence-electron chi connectivity index (χ1n) is 8.15. The lowest BCUT2D eigenvalue weighted by molar-refractivity contribution is 0.191. The van der Waals surface area contributed by atoms with Gasteiger partial charge in [0.1, 0.15) is 0 Å². The summed E-state index contributed by atoms with van der Waals surface area (Å²) < 4.78 is 1.68. The van der Waals surface area contributed by atoms with Gasteiger partial charge in [0.15, 0.2) is 5.82 Å². The summed E-state index contributed by atoms with van der Waals surface area (Å²) in [6.07, 6.45) is 10.6. The van der Waals surface area contributed by atoms with Crippen molar-refractivity contribution in [1.82, 2.24) is 14.7 Å². The Labute approximate surface area is 132 Å². The molecule has 2 rings (SSSR count). The molecule has 1 aliphatic carbocycles. The van der Waals surface area contributed by atoms with Crippen molar-refractivity contribution in [3.8, 4) is 6.07 Å². The fourth-order valence-corrected chi connectivity index (χ4v) is 2.90. The van der Waals surface area contributed by atoms with Crippen LogP contribution in [-0.2, 0) is 6.54 Å². The Bertz CT molecular complexity index is 511. The lowest BCUT2D eigenvalue weighted by Crippen LogP contribution is -2.40. The molecule has 0 bridgehead atoms. The maximum atomic E-state index is 12.3. The molecule has 120 valence electrons. The molecule has 1 aromatic rings. The van der Waals surface area contributed by atoms with Gasteiger partial charge in [-0.25, -0.2) is 4.79 Å². The first kappa shape index (κ1) is 16.3. The number of carbonyl (C=O) groups is 1. The van der Waals surface area contributed by atoms with Crippen molar-refractivity contribution >= 4 is 11.8 Å². The van der Waals surface area contributed by atoms with Crippen LogP contribution < -0.4 is 5.32 Å². The normalized spacial score (nSPS) is 16.4. The molecule has 0 radical (unpaired) electrons. The largest absolute Gasteiger partial charge is 0.325 e. The van der Waals surface area contributed by atoms with E-state index in [0.717, 1.165) is 12.8 Å². The van der Waals surface area contributed by atoms with Crippen molar-refractivity contribution in [3.63, 3.8) is 0 Å². The molecular weight excluding hydrogens is 278 g/mol. The molecule has 0 aromatic carbocycles. The molecule has 1 aliphatic rings. The summed E-state index contributed by atoms with van der Waals surface area (Å²) in [6.45, 7) is 0.546. The number of amides is 2. The quantitative estimate of drug-likeness (QED) is 0.926. The van der Waals surface area contributed by atoms with Crippen LogP contribution in [0.5, 0.6) is 0 Å². The Morgan fingerprint density at radius 1 is 1.41 bits per heavy atom. The first-order valence-corrected chi connectivity index (χ1v) is 8.15. The average molecular weight is 303 g/mol. The van der Waals surface area contributed by atoms with E-state index in [1.165, 1.54) is 32.1 Å². The summed E-state index contributed by atoms with van der Waals surface area (Å²) in [7, 11) is 1.87. The predicted octanol–water partition coefficient (Wildman–Crippen LogP) is 3.37. The summed E-state index contributed by atoms with van der Waals surface area (Å²) in [5.74, 6) is 0.542. The predicted molar refractivity (Wildman–Crippen MR) is 85.3 cm³/mol. The molecule has 1 aromatic heterocycles. The second-order valence-corrected chi connectivity index (χ2v) is 5.91. The molecule has 2 amide bonds. The lowest BCUT2D eigenvalue weighted by Gasteiger charge is -2.29. The highest BCUT2D eigenvalue weighted by Crippen LogP contribution is 2.21. The van der Waals surface area contributed by atoms with Gasteiger partial charge in [0, 0.05) is 25.4 Å². The number of hydrogen-bond donors (Lipinski definition) is 1. The highest BCUT2D eigenvalue weighted by molar-refractivity contribution is 5.88. The van der Waals surface area contributed by atoms with E-state index in [1.54, 1.807) is 16.9 Å². The molecule has 1 N–H and O–H groups in total. The summed E-state index contributed by atoms with van der Waals surface area (Å²) in [6, 6.07) is 4.07. The molecule has 22 heavy (non-hydrogen) atoms. The Balaban J connectivity index is 1.87. The molecule has 6 nitrogen and oxygen atoms in total. The Morgan fingerprint density at radius 2 is 2.09 bits per heavy atom. The van der Waals surface area contributed by atoms with Gasteiger partial charge in [0.05, 0.1) is 19.0 Å². The van der Waals surface area contributed by atoms with Gasteiger partial charge in [-0.1, -0.05) is 32.1 Å². The van der Waals surface area contributed by atoms with Gasteiger partial charge < -0.3 is 4.90 Å². The van der Waals surface area contributed by atoms with Crippen molar-refractivity contribution in [2.24, 2.45) is 0 Å². The zero-order valence-corrected chi connectivity index (χ0v) is 13.3. The molecule has 6 heteroatoms. The number of nitriles is 1. The van der Waals surface area contributed by atoms with Crippen molar-refractivity contribution in [1.29, 1.82) is 5.26 Å². The van der Waals surface area contributed by atoms with Gasteiger partial charge >= 0.3 is 6.03 Å². The molecule has 1 heterocycles. The third kappa shape index (κ3) is 4.76. The zero-order valence-electron chi connectivity index (χ0n) is 13.3. The summed E-state index contributed by atoms with van der Waals surface area (Å²) in [5, 5.41) is 15.7. The van der Waals surface area contributed by atoms with Gasteiger partial charge in [0.2, 0.25) is 0 Å². The summed E-state index contributed by atoms with van der Waals surface area (Å²) in [4.78, 5) is 14.2. The van der Waals surface area contributed by atoms with E-state index >= 15 is 0 Å². The minimum absolute atomic E-state index is 0.101. The summed E-state index contributed by atoms with van der Waals surface area (Å²) in [5.41, 5.74) is 0. The number of hydrogen-bond acceptors (Lipinski definition) is 3. The number of aromatic nitrogens is 2. The Kier molecular flexibility index (Phi) is 6.26. The van der Waals surface area contributed by atoms with Crippen LogP contribution in [0.2, 0.25) is 0 Å². The number of carbonyl (C=O) groups excluding carboxylic acids is 1. The van der Waals surface area contributed by atoms with Gasteiger partial charge in [0.25, 0.3) is 0 Å². The molecule has 1 saturated carbocycles. The van der Waals surface area contributed by atoms with E-state index in [9.17, 15) is 4.79 Å². The van der Waals surface area contributed by atoms with E-state index in [1.807, 2.05) is 11.9 Å². The summed E-state index contributed by atoms with van der Waals surface area (Å²) >= 11 is 0. The number of urea groups is 1. The van der Waals surface area contributed by atoms with Crippen LogP contribution >= 0.6 is 0 Å². The van der Waals surface area contributed by atoms with Gasteiger partial charge in [-0.05, 0) is 12.8 Å². The minimum atomic E-state index is -0.101. The van der Waals surface area contributed by atoms with E-state index in [2.05, 4.69) is 16.5 Å². The van der Waals surface area contributed by atoms with E-state index in [0.29, 0.717) is 24.8 Å². The van der Waals surface area contributed by atoms with E-state index < -0.39 is 0 Å². The molecular formula is C16H25N5O. The molecule has 0 spiro atoms. The fourth-order valence-electron chi connectivity index (χ4n) is 2.90. The standard InChI is InChI=1S/C16H25N5O/c1-20(14-8-5-3-2-4-6-9-14)16(22)18-15-10-13-21(19-15)12-7-11-17/h10,13-14H,2-9,12H2,1H3,(H,18,19,22). The topological polar surface area (TPSA) is 74.0 Å². The molecule has 0 aliphatic heterocycles. The first-order chi connectivity index (χ1) is 10.7. The van der Waals surface area contributed by atoms with Crippen molar-refractivity contribution < 1.29 is 4.79 Å². The number of nitrogens with one attached hydrogen (secondary N) is 1. The van der Waals surface area contributed by atoms with Crippen molar-refractivity contribution in [3.05, 3.63) is 12.3 Å². The van der Waals surface area contributed by atoms with Crippen LogP contribution in [0.1, 0.15) is 51.4 Å². The number of rotatable bonds is 4. The molecule has 1 fully saturated rings. The van der Waals surface area contributed by atoms with Crippen molar-refractivity contribution in [2.75, 3.05) is 12.4 Å². The second kappa shape index (κ2) is 8.42. The molecule has 0 saturated heterocycles. The molecule has 0 atom stereocenters. The SMILES string of the molecule is CN(C(=O)Nc1ccn(CCC#N)n1)C1CCCCCCC1. The maximum absolute atomic E-state index is 12.3. The monoisotopic (exact) mass is 303 g/mol. The van der Waals surface area contributed by atoms with Crippen LogP contribution in [0.25, 0.3) is 0 Å².